The predicted octanol–water partition coefficient (Wildman–Crippen LogP) is 1.93. The molecule has 98 valence electrons. The number of anilines is 1. The van der Waals surface area contributed by atoms with Crippen LogP contribution >= 0.6 is 0 Å². The second-order valence-corrected chi connectivity index (χ2v) is 5.50. The van der Waals surface area contributed by atoms with Gasteiger partial charge in [-0.1, -0.05) is 0 Å². The number of nitrogens with zero attached hydrogens (tertiary/aromatic N) is 4. The minimum absolute atomic E-state index is 0.780. The fourth-order valence-electron chi connectivity index (χ4n) is 3.35. The van der Waals surface area contributed by atoms with Gasteiger partial charge in [-0.05, 0) is 45.2 Å². The Morgan fingerprint density at radius 3 is 2.39 bits per heavy atom. The highest BCUT2D eigenvalue weighted by Crippen LogP contribution is 2.26. The average Bonchev–Trinajstić information content (AvgIpc) is 2.86. The Morgan fingerprint density at radius 1 is 1.06 bits per heavy atom. The van der Waals surface area contributed by atoms with Crippen LogP contribution in [-0.4, -0.2) is 46.6 Å². The molecule has 1 aromatic rings. The molecule has 0 saturated carbocycles. The van der Waals surface area contributed by atoms with E-state index in [1.54, 1.807) is 0 Å². The molecule has 2 fully saturated rings. The molecule has 1 atom stereocenters. The zero-order valence-corrected chi connectivity index (χ0v) is 11.1. The summed E-state index contributed by atoms with van der Waals surface area (Å²) in [6, 6.07) is 3.44. The molecule has 2 aliphatic rings. The van der Waals surface area contributed by atoms with Crippen LogP contribution in [0.25, 0.3) is 0 Å². The van der Waals surface area contributed by atoms with Crippen molar-refractivity contribution < 1.29 is 0 Å². The number of piperidine rings is 1. The first kappa shape index (κ1) is 11.9. The Labute approximate surface area is 109 Å². The lowest BCUT2D eigenvalue weighted by Crippen LogP contribution is -2.46. The van der Waals surface area contributed by atoms with Gasteiger partial charge in [0.25, 0.3) is 0 Å². The van der Waals surface area contributed by atoms with E-state index in [-0.39, 0.29) is 0 Å². The van der Waals surface area contributed by atoms with Crippen molar-refractivity contribution in [3.05, 3.63) is 18.5 Å². The summed E-state index contributed by atoms with van der Waals surface area (Å²) in [7, 11) is 0. The van der Waals surface area contributed by atoms with Gasteiger partial charge in [0.05, 0.1) is 0 Å². The molecular weight excluding hydrogens is 224 g/mol. The fraction of sp³-hybridized carbons (Fsp3) is 0.714. The maximum atomic E-state index is 4.34. The van der Waals surface area contributed by atoms with E-state index >= 15 is 0 Å². The standard InChI is InChI=1S/C14H22N4/c1-12-4-2-9-18(12)13-5-10-17(11-6-13)14-15-7-3-8-16-14/h3,7-8,12-13H,2,4-6,9-11H2,1H3. The summed E-state index contributed by atoms with van der Waals surface area (Å²) in [5.41, 5.74) is 0. The molecule has 18 heavy (non-hydrogen) atoms. The van der Waals surface area contributed by atoms with Crippen molar-refractivity contribution in [1.29, 1.82) is 0 Å². The van der Waals surface area contributed by atoms with Gasteiger partial charge in [-0.2, -0.15) is 0 Å². The zero-order chi connectivity index (χ0) is 12.4. The van der Waals surface area contributed by atoms with Crippen LogP contribution in [-0.2, 0) is 0 Å². The molecule has 2 aliphatic heterocycles. The number of aromatic nitrogens is 2. The van der Waals surface area contributed by atoms with Gasteiger partial charge in [0.1, 0.15) is 0 Å². The number of rotatable bonds is 2. The lowest BCUT2D eigenvalue weighted by molar-refractivity contribution is 0.163. The van der Waals surface area contributed by atoms with Crippen molar-refractivity contribution in [3.63, 3.8) is 0 Å². The highest BCUT2D eigenvalue weighted by molar-refractivity contribution is 5.29. The van der Waals surface area contributed by atoms with Crippen LogP contribution in [0, 0.1) is 0 Å². The van der Waals surface area contributed by atoms with Gasteiger partial charge in [-0.25, -0.2) is 9.97 Å². The van der Waals surface area contributed by atoms with Gasteiger partial charge >= 0.3 is 0 Å². The normalized spacial score (nSPS) is 26.7. The van der Waals surface area contributed by atoms with Crippen LogP contribution in [0.15, 0.2) is 18.5 Å². The first-order valence-electron chi connectivity index (χ1n) is 7.12. The Kier molecular flexibility index (Phi) is 3.46. The highest BCUT2D eigenvalue weighted by Gasteiger charge is 2.30. The smallest absolute Gasteiger partial charge is 0.225 e. The lowest BCUT2D eigenvalue weighted by Gasteiger charge is -2.38. The van der Waals surface area contributed by atoms with Crippen LogP contribution in [0.3, 0.4) is 0 Å². The Balaban J connectivity index is 1.58. The molecule has 3 rings (SSSR count). The SMILES string of the molecule is CC1CCCN1C1CCN(c2ncccn2)CC1. The van der Waals surface area contributed by atoms with Crippen molar-refractivity contribution >= 4 is 5.95 Å². The molecule has 0 spiro atoms. The first-order chi connectivity index (χ1) is 8.84. The van der Waals surface area contributed by atoms with Gasteiger partial charge in [0, 0.05) is 37.6 Å². The highest BCUT2D eigenvalue weighted by atomic mass is 15.3. The molecule has 0 radical (unpaired) electrons. The molecule has 3 heterocycles. The van der Waals surface area contributed by atoms with Gasteiger partial charge in [-0.15, -0.1) is 0 Å². The topological polar surface area (TPSA) is 32.3 Å². The third kappa shape index (κ3) is 2.34. The zero-order valence-electron chi connectivity index (χ0n) is 11.1. The second kappa shape index (κ2) is 5.22. The number of likely N-dealkylation sites (tertiary alicyclic amines) is 1. The molecule has 0 bridgehead atoms. The van der Waals surface area contributed by atoms with Crippen molar-refractivity contribution in [3.8, 4) is 0 Å². The summed E-state index contributed by atoms with van der Waals surface area (Å²) < 4.78 is 0. The Hall–Kier alpha value is -1.16. The van der Waals surface area contributed by atoms with Gasteiger partial charge < -0.3 is 4.90 Å². The monoisotopic (exact) mass is 246 g/mol. The molecule has 4 heteroatoms. The van der Waals surface area contributed by atoms with Crippen LogP contribution in [0.5, 0.6) is 0 Å². The van der Waals surface area contributed by atoms with Crippen LogP contribution in [0.4, 0.5) is 5.95 Å². The second-order valence-electron chi connectivity index (χ2n) is 5.50. The van der Waals surface area contributed by atoms with E-state index in [2.05, 4.69) is 26.7 Å². The molecule has 0 aliphatic carbocycles. The van der Waals surface area contributed by atoms with Crippen molar-refractivity contribution in [2.24, 2.45) is 0 Å². The quantitative estimate of drug-likeness (QED) is 0.798. The van der Waals surface area contributed by atoms with Gasteiger partial charge in [-0.3, -0.25) is 4.90 Å². The first-order valence-corrected chi connectivity index (χ1v) is 7.12. The fourth-order valence-corrected chi connectivity index (χ4v) is 3.35. The Bertz CT molecular complexity index is 373. The molecule has 0 amide bonds. The summed E-state index contributed by atoms with van der Waals surface area (Å²) in [6.07, 6.45) is 8.92. The summed E-state index contributed by atoms with van der Waals surface area (Å²) in [4.78, 5) is 13.7. The molecule has 0 N–H and O–H groups in total. The third-order valence-corrected chi connectivity index (χ3v) is 4.37. The van der Waals surface area contributed by atoms with E-state index in [0.29, 0.717) is 0 Å². The lowest BCUT2D eigenvalue weighted by atomic mass is 10.0. The molecule has 4 nitrogen and oxygen atoms in total. The maximum Gasteiger partial charge on any atom is 0.225 e. The van der Waals surface area contributed by atoms with E-state index in [1.807, 2.05) is 18.5 Å². The number of hydrogen-bond donors (Lipinski definition) is 0. The van der Waals surface area contributed by atoms with E-state index in [0.717, 1.165) is 31.1 Å². The van der Waals surface area contributed by atoms with Gasteiger partial charge in [0.15, 0.2) is 0 Å². The number of hydrogen-bond acceptors (Lipinski definition) is 4. The molecular formula is C14H22N4. The van der Waals surface area contributed by atoms with Crippen LogP contribution in [0.1, 0.15) is 32.6 Å². The van der Waals surface area contributed by atoms with E-state index < -0.39 is 0 Å². The average molecular weight is 246 g/mol. The molecule has 2 saturated heterocycles. The van der Waals surface area contributed by atoms with Gasteiger partial charge in [0.2, 0.25) is 5.95 Å². The van der Waals surface area contributed by atoms with Crippen molar-refractivity contribution in [1.82, 2.24) is 14.9 Å². The van der Waals surface area contributed by atoms with Crippen LogP contribution < -0.4 is 4.90 Å². The minimum Gasteiger partial charge on any atom is -0.341 e. The summed E-state index contributed by atoms with van der Waals surface area (Å²) >= 11 is 0. The van der Waals surface area contributed by atoms with E-state index in [9.17, 15) is 0 Å². The molecule has 1 unspecified atom stereocenters. The van der Waals surface area contributed by atoms with Crippen molar-refractivity contribution in [2.75, 3.05) is 24.5 Å². The summed E-state index contributed by atoms with van der Waals surface area (Å²) in [5, 5.41) is 0. The maximum absolute atomic E-state index is 4.34. The van der Waals surface area contributed by atoms with E-state index in [1.165, 1.54) is 32.2 Å². The predicted molar refractivity (Wildman–Crippen MR) is 72.7 cm³/mol. The molecule has 0 aromatic carbocycles. The minimum atomic E-state index is 0.780. The van der Waals surface area contributed by atoms with Crippen LogP contribution in [0.2, 0.25) is 0 Å². The van der Waals surface area contributed by atoms with Crippen molar-refractivity contribution in [2.45, 2.75) is 44.7 Å². The summed E-state index contributed by atoms with van der Waals surface area (Å²) in [5.74, 6) is 0.894. The largest absolute Gasteiger partial charge is 0.341 e. The summed E-state index contributed by atoms with van der Waals surface area (Å²) in [6.45, 7) is 5.86. The Morgan fingerprint density at radius 2 is 1.78 bits per heavy atom. The third-order valence-electron chi connectivity index (χ3n) is 4.37. The van der Waals surface area contributed by atoms with E-state index in [4.69, 9.17) is 0 Å². The molecule has 1 aromatic heterocycles.